The van der Waals surface area contributed by atoms with Crippen LogP contribution in [0.1, 0.15) is 22.9 Å². The zero-order valence-electron chi connectivity index (χ0n) is 11.1. The average molecular weight is 321 g/mol. The SMILES string of the molecule is COc1ccc(Br)cc1CC(N)c1cc(C)ccn1. The van der Waals surface area contributed by atoms with Gasteiger partial charge in [-0.15, -0.1) is 0 Å². The second kappa shape index (κ2) is 6.17. The van der Waals surface area contributed by atoms with Crippen molar-refractivity contribution in [2.75, 3.05) is 7.11 Å². The Morgan fingerprint density at radius 1 is 1.32 bits per heavy atom. The standard InChI is InChI=1S/C15H17BrN2O/c1-10-5-6-18-14(7-10)13(17)9-11-8-12(16)3-4-15(11)19-2/h3-8,13H,9,17H2,1-2H3. The Morgan fingerprint density at radius 2 is 2.11 bits per heavy atom. The van der Waals surface area contributed by atoms with Crippen LogP contribution in [-0.2, 0) is 6.42 Å². The molecule has 4 heteroatoms. The van der Waals surface area contributed by atoms with Gasteiger partial charge in [-0.25, -0.2) is 0 Å². The molecule has 1 atom stereocenters. The van der Waals surface area contributed by atoms with E-state index >= 15 is 0 Å². The van der Waals surface area contributed by atoms with E-state index in [2.05, 4.69) is 20.9 Å². The van der Waals surface area contributed by atoms with Gasteiger partial charge in [-0.1, -0.05) is 15.9 Å². The zero-order valence-corrected chi connectivity index (χ0v) is 12.6. The average Bonchev–Trinajstić information content (AvgIpc) is 2.39. The number of aromatic nitrogens is 1. The molecule has 100 valence electrons. The molecule has 0 radical (unpaired) electrons. The summed E-state index contributed by atoms with van der Waals surface area (Å²) in [6.07, 6.45) is 2.49. The van der Waals surface area contributed by atoms with Crippen molar-refractivity contribution >= 4 is 15.9 Å². The van der Waals surface area contributed by atoms with Crippen LogP contribution in [0.4, 0.5) is 0 Å². The Bertz CT molecular complexity index is 572. The van der Waals surface area contributed by atoms with Gasteiger partial charge in [0.25, 0.3) is 0 Å². The van der Waals surface area contributed by atoms with Gasteiger partial charge in [-0.2, -0.15) is 0 Å². The van der Waals surface area contributed by atoms with E-state index in [1.165, 1.54) is 5.56 Å². The van der Waals surface area contributed by atoms with Gasteiger partial charge in [0.05, 0.1) is 18.8 Å². The summed E-state index contributed by atoms with van der Waals surface area (Å²) in [5.41, 5.74) is 9.39. The van der Waals surface area contributed by atoms with Gasteiger partial charge in [-0.05, 0) is 54.8 Å². The van der Waals surface area contributed by atoms with Crippen LogP contribution in [0.15, 0.2) is 41.0 Å². The molecular formula is C15H17BrN2O. The van der Waals surface area contributed by atoms with Gasteiger partial charge in [0.2, 0.25) is 0 Å². The van der Waals surface area contributed by atoms with Gasteiger partial charge in [0.15, 0.2) is 0 Å². The minimum Gasteiger partial charge on any atom is -0.496 e. The quantitative estimate of drug-likeness (QED) is 0.939. The number of hydrogen-bond donors (Lipinski definition) is 1. The molecule has 1 aromatic carbocycles. The molecule has 0 bridgehead atoms. The maximum Gasteiger partial charge on any atom is 0.122 e. The van der Waals surface area contributed by atoms with Gasteiger partial charge in [0.1, 0.15) is 5.75 Å². The second-order valence-corrected chi connectivity index (χ2v) is 5.44. The Balaban J connectivity index is 2.23. The van der Waals surface area contributed by atoms with Crippen molar-refractivity contribution in [1.82, 2.24) is 4.98 Å². The summed E-state index contributed by atoms with van der Waals surface area (Å²) < 4.78 is 6.39. The molecule has 0 aliphatic rings. The second-order valence-electron chi connectivity index (χ2n) is 4.52. The third-order valence-electron chi connectivity index (χ3n) is 3.00. The van der Waals surface area contributed by atoms with E-state index in [9.17, 15) is 0 Å². The summed E-state index contributed by atoms with van der Waals surface area (Å²) in [5, 5.41) is 0. The summed E-state index contributed by atoms with van der Waals surface area (Å²) in [7, 11) is 1.67. The lowest BCUT2D eigenvalue weighted by Crippen LogP contribution is -2.15. The van der Waals surface area contributed by atoms with Crippen LogP contribution in [-0.4, -0.2) is 12.1 Å². The van der Waals surface area contributed by atoms with Crippen molar-refractivity contribution in [3.8, 4) is 5.75 Å². The summed E-state index contributed by atoms with van der Waals surface area (Å²) in [5.74, 6) is 0.853. The van der Waals surface area contributed by atoms with E-state index in [1.54, 1.807) is 13.3 Å². The molecule has 2 rings (SSSR count). The van der Waals surface area contributed by atoms with E-state index in [4.69, 9.17) is 10.5 Å². The molecule has 2 N–H and O–H groups in total. The minimum atomic E-state index is -0.136. The number of nitrogens with zero attached hydrogens (tertiary/aromatic N) is 1. The van der Waals surface area contributed by atoms with E-state index in [0.29, 0.717) is 6.42 Å². The Labute approximate surface area is 121 Å². The number of hydrogen-bond acceptors (Lipinski definition) is 3. The first-order valence-corrected chi connectivity index (χ1v) is 6.90. The van der Waals surface area contributed by atoms with E-state index < -0.39 is 0 Å². The third kappa shape index (κ3) is 3.55. The number of pyridine rings is 1. The minimum absolute atomic E-state index is 0.136. The van der Waals surface area contributed by atoms with Crippen molar-refractivity contribution in [2.24, 2.45) is 5.73 Å². The molecule has 1 unspecified atom stereocenters. The predicted molar refractivity (Wildman–Crippen MR) is 80.3 cm³/mol. The molecule has 0 aliphatic heterocycles. The van der Waals surface area contributed by atoms with Crippen molar-refractivity contribution in [3.63, 3.8) is 0 Å². The topological polar surface area (TPSA) is 48.1 Å². The first kappa shape index (κ1) is 14.0. The highest BCUT2D eigenvalue weighted by atomic mass is 79.9. The normalized spacial score (nSPS) is 12.2. The van der Waals surface area contributed by atoms with Crippen LogP contribution < -0.4 is 10.5 Å². The van der Waals surface area contributed by atoms with Crippen LogP contribution in [0.5, 0.6) is 5.75 Å². The van der Waals surface area contributed by atoms with Crippen molar-refractivity contribution in [3.05, 3.63) is 57.8 Å². The monoisotopic (exact) mass is 320 g/mol. The molecule has 0 saturated heterocycles. The van der Waals surface area contributed by atoms with Crippen LogP contribution in [0.2, 0.25) is 0 Å². The van der Waals surface area contributed by atoms with Gasteiger partial charge >= 0.3 is 0 Å². The number of benzene rings is 1. The first-order valence-electron chi connectivity index (χ1n) is 6.10. The fourth-order valence-electron chi connectivity index (χ4n) is 2.01. The molecule has 1 aromatic heterocycles. The molecule has 0 spiro atoms. The van der Waals surface area contributed by atoms with E-state index in [1.807, 2.05) is 37.3 Å². The van der Waals surface area contributed by atoms with E-state index in [-0.39, 0.29) is 6.04 Å². The van der Waals surface area contributed by atoms with Crippen LogP contribution in [0, 0.1) is 6.92 Å². The number of rotatable bonds is 4. The number of nitrogens with two attached hydrogens (primary N) is 1. The molecular weight excluding hydrogens is 304 g/mol. The zero-order chi connectivity index (χ0) is 13.8. The van der Waals surface area contributed by atoms with Gasteiger partial charge < -0.3 is 10.5 Å². The molecule has 0 fully saturated rings. The van der Waals surface area contributed by atoms with E-state index in [0.717, 1.165) is 21.5 Å². The largest absolute Gasteiger partial charge is 0.496 e. The Hall–Kier alpha value is -1.39. The maximum absolute atomic E-state index is 6.24. The number of ether oxygens (including phenoxy) is 1. The summed E-state index contributed by atoms with van der Waals surface area (Å²) in [6.45, 7) is 2.04. The first-order chi connectivity index (χ1) is 9.10. The molecule has 0 aliphatic carbocycles. The summed E-state index contributed by atoms with van der Waals surface area (Å²) in [4.78, 5) is 4.34. The lowest BCUT2D eigenvalue weighted by Gasteiger charge is -2.14. The Morgan fingerprint density at radius 3 is 2.79 bits per heavy atom. The number of halogens is 1. The molecule has 0 amide bonds. The van der Waals surface area contributed by atoms with Crippen molar-refractivity contribution in [2.45, 2.75) is 19.4 Å². The Kier molecular flexibility index (Phi) is 4.56. The van der Waals surface area contributed by atoms with Gasteiger partial charge in [-0.3, -0.25) is 4.98 Å². The van der Waals surface area contributed by atoms with Crippen molar-refractivity contribution in [1.29, 1.82) is 0 Å². The smallest absolute Gasteiger partial charge is 0.122 e. The van der Waals surface area contributed by atoms with Crippen LogP contribution in [0.3, 0.4) is 0 Å². The molecule has 19 heavy (non-hydrogen) atoms. The maximum atomic E-state index is 6.24. The van der Waals surface area contributed by atoms with Crippen LogP contribution in [0.25, 0.3) is 0 Å². The number of methoxy groups -OCH3 is 1. The molecule has 0 saturated carbocycles. The highest BCUT2D eigenvalue weighted by Crippen LogP contribution is 2.26. The fraction of sp³-hybridized carbons (Fsp3) is 0.267. The molecule has 2 aromatic rings. The predicted octanol–water partition coefficient (Wildman–Crippen LogP) is 3.40. The molecule has 1 heterocycles. The molecule has 3 nitrogen and oxygen atoms in total. The highest BCUT2D eigenvalue weighted by Gasteiger charge is 2.12. The van der Waals surface area contributed by atoms with Crippen LogP contribution >= 0.6 is 15.9 Å². The summed E-state index contributed by atoms with van der Waals surface area (Å²) >= 11 is 3.47. The summed E-state index contributed by atoms with van der Waals surface area (Å²) in [6, 6.07) is 9.79. The van der Waals surface area contributed by atoms with Crippen molar-refractivity contribution < 1.29 is 4.74 Å². The number of aryl methyl sites for hydroxylation is 1. The lowest BCUT2D eigenvalue weighted by molar-refractivity contribution is 0.408. The highest BCUT2D eigenvalue weighted by molar-refractivity contribution is 9.10. The fourth-order valence-corrected chi connectivity index (χ4v) is 2.42. The van der Waals surface area contributed by atoms with Gasteiger partial charge in [0, 0.05) is 10.7 Å². The third-order valence-corrected chi connectivity index (χ3v) is 3.49. The lowest BCUT2D eigenvalue weighted by atomic mass is 10.0.